The van der Waals surface area contributed by atoms with E-state index in [2.05, 4.69) is 53.7 Å². The fourth-order valence-corrected chi connectivity index (χ4v) is 3.69. The summed E-state index contributed by atoms with van der Waals surface area (Å²) in [5, 5.41) is 16.7. The van der Waals surface area contributed by atoms with Gasteiger partial charge in [-0.15, -0.1) is 0 Å². The van der Waals surface area contributed by atoms with E-state index in [0.717, 1.165) is 59.8 Å². The summed E-state index contributed by atoms with van der Waals surface area (Å²) in [5.41, 5.74) is 5.14. The lowest BCUT2D eigenvalue weighted by Gasteiger charge is -2.31. The van der Waals surface area contributed by atoms with E-state index in [9.17, 15) is 5.11 Å². The first-order valence-electron chi connectivity index (χ1n) is 9.14. The Labute approximate surface area is 156 Å². The third-order valence-electron chi connectivity index (χ3n) is 5.20. The number of nitrogens with one attached hydrogen (secondary N) is 1. The molecule has 0 atom stereocenters. The molecule has 1 aliphatic rings. The van der Waals surface area contributed by atoms with Gasteiger partial charge in [0, 0.05) is 30.4 Å². The van der Waals surface area contributed by atoms with Crippen LogP contribution in [0.2, 0.25) is 0 Å². The second kappa shape index (κ2) is 6.51. The number of imidazole rings is 1. The highest BCUT2D eigenvalue weighted by molar-refractivity contribution is 5.71. The monoisotopic (exact) mass is 360 g/mol. The fourth-order valence-electron chi connectivity index (χ4n) is 3.69. The van der Waals surface area contributed by atoms with Crippen LogP contribution < -0.4 is 4.90 Å². The molecular weight excluding hydrogens is 340 g/mol. The topological polar surface area (TPSA) is 82.3 Å². The Hall–Kier alpha value is -3.19. The van der Waals surface area contributed by atoms with Gasteiger partial charge < -0.3 is 10.0 Å². The van der Waals surface area contributed by atoms with Crippen LogP contribution in [0.15, 0.2) is 55.2 Å². The van der Waals surface area contributed by atoms with Gasteiger partial charge in [0.05, 0.1) is 36.6 Å². The van der Waals surface area contributed by atoms with Crippen molar-refractivity contribution in [2.24, 2.45) is 0 Å². The lowest BCUT2D eigenvalue weighted by molar-refractivity contribution is 0.145. The molecule has 2 N–H and O–H groups in total. The molecule has 4 aromatic rings. The summed E-state index contributed by atoms with van der Waals surface area (Å²) in [5.74, 6) is 1.02. The molecule has 0 radical (unpaired) electrons. The lowest BCUT2D eigenvalue weighted by Crippen LogP contribution is -2.36. The van der Waals surface area contributed by atoms with Crippen molar-refractivity contribution in [3.05, 3.63) is 55.2 Å². The Morgan fingerprint density at radius 3 is 2.44 bits per heavy atom. The van der Waals surface area contributed by atoms with Crippen molar-refractivity contribution < 1.29 is 5.11 Å². The van der Waals surface area contributed by atoms with Crippen molar-refractivity contribution in [1.29, 1.82) is 0 Å². The fraction of sp³-hybridized carbons (Fsp3) is 0.250. The molecule has 7 nitrogen and oxygen atoms in total. The number of benzene rings is 1. The van der Waals surface area contributed by atoms with Gasteiger partial charge >= 0.3 is 0 Å². The number of aliphatic hydroxyl groups is 1. The highest BCUT2D eigenvalue weighted by atomic mass is 16.3. The van der Waals surface area contributed by atoms with Gasteiger partial charge in [0.1, 0.15) is 5.82 Å². The van der Waals surface area contributed by atoms with Crippen molar-refractivity contribution in [2.45, 2.75) is 18.9 Å². The van der Waals surface area contributed by atoms with Crippen molar-refractivity contribution in [3.8, 4) is 22.4 Å². The highest BCUT2D eigenvalue weighted by Crippen LogP contribution is 2.29. The minimum Gasteiger partial charge on any atom is -0.393 e. The summed E-state index contributed by atoms with van der Waals surface area (Å²) in [4.78, 5) is 11.2. The number of anilines is 1. The molecule has 4 heterocycles. The molecule has 0 amide bonds. The van der Waals surface area contributed by atoms with Gasteiger partial charge in [-0.25, -0.2) is 4.98 Å². The summed E-state index contributed by atoms with van der Waals surface area (Å²) >= 11 is 0. The van der Waals surface area contributed by atoms with Crippen LogP contribution >= 0.6 is 0 Å². The zero-order valence-corrected chi connectivity index (χ0v) is 14.8. The first-order valence-corrected chi connectivity index (χ1v) is 9.14. The number of aromatic nitrogens is 5. The number of hydrogen-bond acceptors (Lipinski definition) is 5. The lowest BCUT2D eigenvalue weighted by atomic mass is 10.1. The van der Waals surface area contributed by atoms with Gasteiger partial charge in [-0.1, -0.05) is 24.3 Å². The van der Waals surface area contributed by atoms with Crippen LogP contribution in [0, 0.1) is 0 Å². The number of aliphatic hydroxyl groups excluding tert-OH is 1. The molecule has 3 aromatic heterocycles. The largest absolute Gasteiger partial charge is 0.393 e. The van der Waals surface area contributed by atoms with Crippen LogP contribution in [-0.2, 0) is 0 Å². The molecule has 136 valence electrons. The Kier molecular flexibility index (Phi) is 3.86. The Balaban J connectivity index is 1.56. The van der Waals surface area contributed by atoms with Crippen LogP contribution in [0.5, 0.6) is 0 Å². The average Bonchev–Trinajstić information content (AvgIpc) is 3.39. The van der Waals surface area contributed by atoms with E-state index in [1.54, 1.807) is 6.20 Å². The summed E-state index contributed by atoms with van der Waals surface area (Å²) in [6, 6.07) is 8.40. The second-order valence-corrected chi connectivity index (χ2v) is 6.89. The molecule has 7 heteroatoms. The number of fused-ring (bicyclic) bond motifs is 1. The number of H-pyrrole nitrogens is 1. The molecule has 1 saturated heterocycles. The zero-order valence-electron chi connectivity index (χ0n) is 14.8. The van der Waals surface area contributed by atoms with Crippen molar-refractivity contribution in [1.82, 2.24) is 24.6 Å². The van der Waals surface area contributed by atoms with E-state index in [-0.39, 0.29) is 6.10 Å². The summed E-state index contributed by atoms with van der Waals surface area (Å²) in [7, 11) is 0. The molecule has 27 heavy (non-hydrogen) atoms. The molecule has 0 spiro atoms. The number of rotatable bonds is 3. The molecule has 0 bridgehead atoms. The zero-order chi connectivity index (χ0) is 18.2. The molecule has 1 aliphatic heterocycles. The standard InChI is InChI=1S/C20H20N6O/c27-17-5-7-25(8-6-17)20-13-21-12-19-22-11-18(26(19)20)15-3-1-14(2-4-15)16-9-23-24-10-16/h1-4,9-13,17,27H,5-8H2,(H,23,24). The molecule has 5 rings (SSSR count). The van der Waals surface area contributed by atoms with Crippen molar-refractivity contribution >= 4 is 11.5 Å². The highest BCUT2D eigenvalue weighted by Gasteiger charge is 2.21. The SMILES string of the molecule is OC1CCN(c2cncc3ncc(-c4ccc(-c5cn[nH]c5)cc4)n23)CC1. The number of hydrogen-bond donors (Lipinski definition) is 2. The smallest absolute Gasteiger partial charge is 0.157 e. The minimum absolute atomic E-state index is 0.203. The maximum atomic E-state index is 9.82. The Bertz CT molecular complexity index is 1050. The van der Waals surface area contributed by atoms with Crippen LogP contribution in [0.1, 0.15) is 12.8 Å². The van der Waals surface area contributed by atoms with Gasteiger partial charge in [-0.2, -0.15) is 5.10 Å². The van der Waals surface area contributed by atoms with Crippen molar-refractivity contribution in [3.63, 3.8) is 0 Å². The average molecular weight is 360 g/mol. The quantitative estimate of drug-likeness (QED) is 0.587. The maximum Gasteiger partial charge on any atom is 0.157 e. The van der Waals surface area contributed by atoms with Gasteiger partial charge in [0.25, 0.3) is 0 Å². The summed E-state index contributed by atoms with van der Waals surface area (Å²) < 4.78 is 2.15. The van der Waals surface area contributed by atoms with Gasteiger partial charge in [-0.05, 0) is 18.4 Å². The van der Waals surface area contributed by atoms with Crippen LogP contribution in [0.4, 0.5) is 5.82 Å². The van der Waals surface area contributed by atoms with E-state index in [1.807, 2.05) is 24.8 Å². The molecular formula is C20H20N6O. The predicted octanol–water partition coefficient (Wildman–Crippen LogP) is 2.75. The Morgan fingerprint density at radius 1 is 0.926 bits per heavy atom. The normalized spacial score (nSPS) is 15.5. The van der Waals surface area contributed by atoms with Crippen LogP contribution in [0.3, 0.4) is 0 Å². The van der Waals surface area contributed by atoms with E-state index >= 15 is 0 Å². The molecule has 1 fully saturated rings. The third-order valence-corrected chi connectivity index (χ3v) is 5.20. The number of piperidine rings is 1. The molecule has 1 aromatic carbocycles. The minimum atomic E-state index is -0.203. The van der Waals surface area contributed by atoms with E-state index < -0.39 is 0 Å². The van der Waals surface area contributed by atoms with E-state index in [1.165, 1.54) is 0 Å². The molecule has 0 unspecified atom stereocenters. The Morgan fingerprint density at radius 2 is 1.70 bits per heavy atom. The van der Waals surface area contributed by atoms with Gasteiger partial charge in [0.2, 0.25) is 0 Å². The van der Waals surface area contributed by atoms with Gasteiger partial charge in [0.15, 0.2) is 5.65 Å². The first kappa shape index (κ1) is 16.0. The first-order chi connectivity index (χ1) is 13.3. The van der Waals surface area contributed by atoms with Crippen LogP contribution in [-0.4, -0.2) is 48.9 Å². The third kappa shape index (κ3) is 2.86. The summed E-state index contributed by atoms with van der Waals surface area (Å²) in [6.07, 6.45) is 10.6. The van der Waals surface area contributed by atoms with E-state index in [4.69, 9.17) is 0 Å². The number of aromatic amines is 1. The van der Waals surface area contributed by atoms with Gasteiger partial charge in [-0.3, -0.25) is 14.5 Å². The van der Waals surface area contributed by atoms with Crippen molar-refractivity contribution in [2.75, 3.05) is 18.0 Å². The summed E-state index contributed by atoms with van der Waals surface area (Å²) in [6.45, 7) is 1.64. The number of nitrogens with zero attached hydrogens (tertiary/aromatic N) is 5. The second-order valence-electron chi connectivity index (χ2n) is 6.89. The van der Waals surface area contributed by atoms with Crippen LogP contribution in [0.25, 0.3) is 28.0 Å². The molecule has 0 aliphatic carbocycles. The molecule has 0 saturated carbocycles. The van der Waals surface area contributed by atoms with E-state index in [0.29, 0.717) is 0 Å². The predicted molar refractivity (Wildman–Crippen MR) is 103 cm³/mol. The maximum absolute atomic E-state index is 9.82.